The largest absolute Gasteiger partial charge is 0.389 e. The van der Waals surface area contributed by atoms with Gasteiger partial charge in [0.15, 0.2) is 0 Å². The molecular weight excluding hydrogens is 296 g/mol. The summed E-state index contributed by atoms with van der Waals surface area (Å²) in [4.78, 5) is 12.1. The van der Waals surface area contributed by atoms with E-state index in [-0.39, 0.29) is 11.9 Å². The molecule has 1 aliphatic rings. The van der Waals surface area contributed by atoms with E-state index in [1.807, 2.05) is 49.9 Å². The highest BCUT2D eigenvalue weighted by molar-refractivity contribution is 7.99. The quantitative estimate of drug-likeness (QED) is 0.753. The van der Waals surface area contributed by atoms with Crippen molar-refractivity contribution in [2.24, 2.45) is 0 Å². The van der Waals surface area contributed by atoms with Gasteiger partial charge in [0.1, 0.15) is 0 Å². The molecule has 2 rings (SSSR count). The Morgan fingerprint density at radius 1 is 1.36 bits per heavy atom. The standard InChI is InChI=1S/C17H26N2O2S/c1-13-5-3-4-6-15(13)19-16(20)11-14(2)18-12-17(21)7-9-22-10-8-17/h3-6,14,18,21H,7-12H2,1-2H3,(H,19,20). The highest BCUT2D eigenvalue weighted by atomic mass is 32.2. The Bertz CT molecular complexity index is 501. The summed E-state index contributed by atoms with van der Waals surface area (Å²) < 4.78 is 0. The molecule has 3 N–H and O–H groups in total. The molecule has 5 heteroatoms. The molecule has 1 saturated heterocycles. The number of nitrogens with one attached hydrogen (secondary N) is 2. The first-order chi connectivity index (χ1) is 10.5. The molecule has 1 atom stereocenters. The van der Waals surface area contributed by atoms with Crippen LogP contribution in [0.15, 0.2) is 24.3 Å². The van der Waals surface area contributed by atoms with E-state index in [0.717, 1.165) is 35.6 Å². The van der Waals surface area contributed by atoms with Crippen LogP contribution in [0.3, 0.4) is 0 Å². The van der Waals surface area contributed by atoms with E-state index in [4.69, 9.17) is 0 Å². The van der Waals surface area contributed by atoms with Crippen molar-refractivity contribution in [3.05, 3.63) is 29.8 Å². The van der Waals surface area contributed by atoms with Gasteiger partial charge < -0.3 is 15.7 Å². The van der Waals surface area contributed by atoms with Gasteiger partial charge in [-0.25, -0.2) is 0 Å². The first-order valence-electron chi connectivity index (χ1n) is 7.87. The van der Waals surface area contributed by atoms with Crippen molar-refractivity contribution in [2.45, 2.75) is 44.8 Å². The normalized spacial score (nSPS) is 18.7. The Morgan fingerprint density at radius 2 is 2.05 bits per heavy atom. The highest BCUT2D eigenvalue weighted by Gasteiger charge is 2.29. The van der Waals surface area contributed by atoms with Crippen LogP contribution in [0.25, 0.3) is 0 Å². The minimum atomic E-state index is -0.605. The summed E-state index contributed by atoms with van der Waals surface area (Å²) in [5, 5.41) is 16.7. The minimum Gasteiger partial charge on any atom is -0.389 e. The first kappa shape index (κ1) is 17.3. The van der Waals surface area contributed by atoms with Gasteiger partial charge in [-0.05, 0) is 49.8 Å². The summed E-state index contributed by atoms with van der Waals surface area (Å²) >= 11 is 1.89. The minimum absolute atomic E-state index is 0.000453. The SMILES string of the molecule is Cc1ccccc1NC(=O)CC(C)NCC1(O)CCSCC1. The third-order valence-electron chi connectivity index (χ3n) is 4.11. The third kappa shape index (κ3) is 5.30. The van der Waals surface area contributed by atoms with Crippen molar-refractivity contribution in [3.63, 3.8) is 0 Å². The van der Waals surface area contributed by atoms with E-state index in [2.05, 4.69) is 10.6 Å². The second-order valence-electron chi connectivity index (χ2n) is 6.19. The molecule has 1 fully saturated rings. The number of carbonyl (C=O) groups excluding carboxylic acids is 1. The Morgan fingerprint density at radius 3 is 2.73 bits per heavy atom. The van der Waals surface area contributed by atoms with Gasteiger partial charge in [0.25, 0.3) is 0 Å². The zero-order valence-corrected chi connectivity index (χ0v) is 14.2. The van der Waals surface area contributed by atoms with E-state index in [1.54, 1.807) is 0 Å². The summed E-state index contributed by atoms with van der Waals surface area (Å²) in [5.41, 5.74) is 1.32. The maximum absolute atomic E-state index is 12.1. The third-order valence-corrected chi connectivity index (χ3v) is 5.10. The molecule has 0 radical (unpaired) electrons. The lowest BCUT2D eigenvalue weighted by atomic mass is 9.96. The molecular formula is C17H26N2O2S. The number of amides is 1. The van der Waals surface area contributed by atoms with E-state index >= 15 is 0 Å². The van der Waals surface area contributed by atoms with Gasteiger partial charge in [-0.15, -0.1) is 0 Å². The molecule has 1 amide bonds. The summed E-state index contributed by atoms with van der Waals surface area (Å²) in [5.74, 6) is 2.03. The molecule has 1 unspecified atom stereocenters. The molecule has 4 nitrogen and oxygen atoms in total. The summed E-state index contributed by atoms with van der Waals surface area (Å²) in [6.45, 7) is 4.53. The average Bonchev–Trinajstić information content (AvgIpc) is 2.48. The molecule has 122 valence electrons. The Kier molecular flexibility index (Phi) is 6.29. The smallest absolute Gasteiger partial charge is 0.225 e. The number of thioether (sulfide) groups is 1. The zero-order chi connectivity index (χ0) is 16.0. The average molecular weight is 322 g/mol. The molecule has 1 heterocycles. The van der Waals surface area contributed by atoms with Gasteiger partial charge in [0.05, 0.1) is 5.60 Å². The van der Waals surface area contributed by atoms with Crippen molar-refractivity contribution in [2.75, 3.05) is 23.4 Å². The van der Waals surface area contributed by atoms with E-state index in [1.165, 1.54) is 0 Å². The summed E-state index contributed by atoms with van der Waals surface area (Å²) in [6, 6.07) is 7.81. The molecule has 0 spiro atoms. The lowest BCUT2D eigenvalue weighted by molar-refractivity contribution is -0.116. The van der Waals surface area contributed by atoms with Crippen LogP contribution >= 0.6 is 11.8 Å². The zero-order valence-electron chi connectivity index (χ0n) is 13.4. The van der Waals surface area contributed by atoms with Gasteiger partial charge in [-0.1, -0.05) is 18.2 Å². The van der Waals surface area contributed by atoms with Crippen molar-refractivity contribution in [1.29, 1.82) is 0 Å². The number of rotatable bonds is 6. The Balaban J connectivity index is 1.75. The van der Waals surface area contributed by atoms with E-state index in [9.17, 15) is 9.90 Å². The maximum Gasteiger partial charge on any atom is 0.225 e. The molecule has 0 bridgehead atoms. The summed E-state index contributed by atoms with van der Waals surface area (Å²) in [7, 11) is 0. The predicted octanol–water partition coefficient (Wildman–Crippen LogP) is 2.56. The Hall–Kier alpha value is -1.04. The number of hydrogen-bond donors (Lipinski definition) is 3. The van der Waals surface area contributed by atoms with Crippen molar-refractivity contribution >= 4 is 23.4 Å². The van der Waals surface area contributed by atoms with Crippen LogP contribution in [0, 0.1) is 6.92 Å². The second-order valence-corrected chi connectivity index (χ2v) is 7.41. The van der Waals surface area contributed by atoms with E-state index in [0.29, 0.717) is 13.0 Å². The predicted molar refractivity (Wildman–Crippen MR) is 93.4 cm³/mol. The lowest BCUT2D eigenvalue weighted by Crippen LogP contribution is -2.46. The van der Waals surface area contributed by atoms with Crippen LogP contribution in [-0.2, 0) is 4.79 Å². The molecule has 0 aromatic heterocycles. The topological polar surface area (TPSA) is 61.4 Å². The Labute approximate surface area is 137 Å². The van der Waals surface area contributed by atoms with Crippen LogP contribution in [-0.4, -0.2) is 40.7 Å². The van der Waals surface area contributed by atoms with Crippen LogP contribution in [0.5, 0.6) is 0 Å². The van der Waals surface area contributed by atoms with Crippen molar-refractivity contribution in [3.8, 4) is 0 Å². The fourth-order valence-corrected chi connectivity index (χ4v) is 3.81. The number of hydrogen-bond acceptors (Lipinski definition) is 4. The number of aliphatic hydroxyl groups is 1. The molecule has 22 heavy (non-hydrogen) atoms. The molecule has 0 aliphatic carbocycles. The van der Waals surface area contributed by atoms with Gasteiger partial charge >= 0.3 is 0 Å². The fourth-order valence-electron chi connectivity index (χ4n) is 2.56. The fraction of sp³-hybridized carbons (Fsp3) is 0.588. The molecule has 0 saturated carbocycles. The molecule has 1 aliphatic heterocycles. The van der Waals surface area contributed by atoms with Crippen LogP contribution in [0.1, 0.15) is 31.7 Å². The monoisotopic (exact) mass is 322 g/mol. The van der Waals surface area contributed by atoms with Gasteiger partial charge in [-0.3, -0.25) is 4.79 Å². The number of carbonyl (C=O) groups is 1. The van der Waals surface area contributed by atoms with Crippen molar-refractivity contribution < 1.29 is 9.90 Å². The van der Waals surface area contributed by atoms with Gasteiger partial charge in [0, 0.05) is 24.7 Å². The first-order valence-corrected chi connectivity index (χ1v) is 9.03. The maximum atomic E-state index is 12.1. The number of benzene rings is 1. The number of aryl methyl sites for hydroxylation is 1. The number of para-hydroxylation sites is 1. The molecule has 1 aromatic rings. The van der Waals surface area contributed by atoms with Crippen molar-refractivity contribution in [1.82, 2.24) is 5.32 Å². The van der Waals surface area contributed by atoms with Gasteiger partial charge in [-0.2, -0.15) is 11.8 Å². The second kappa shape index (κ2) is 7.99. The van der Waals surface area contributed by atoms with Crippen LogP contribution < -0.4 is 10.6 Å². The highest BCUT2D eigenvalue weighted by Crippen LogP contribution is 2.26. The van der Waals surface area contributed by atoms with E-state index < -0.39 is 5.60 Å². The van der Waals surface area contributed by atoms with Crippen LogP contribution in [0.2, 0.25) is 0 Å². The summed E-state index contributed by atoms with van der Waals surface area (Å²) in [6.07, 6.45) is 2.05. The number of anilines is 1. The van der Waals surface area contributed by atoms with Gasteiger partial charge in [0.2, 0.25) is 5.91 Å². The lowest BCUT2D eigenvalue weighted by Gasteiger charge is -2.33. The van der Waals surface area contributed by atoms with Crippen LogP contribution in [0.4, 0.5) is 5.69 Å². The molecule has 1 aromatic carbocycles.